The highest BCUT2D eigenvalue weighted by atomic mass is 19.4. The van der Waals surface area contributed by atoms with Gasteiger partial charge in [0.1, 0.15) is 11.4 Å². The van der Waals surface area contributed by atoms with Crippen molar-refractivity contribution >= 4 is 17.8 Å². The second-order valence-corrected chi connectivity index (χ2v) is 10.2. The molecule has 1 atom stereocenters. The first-order valence-electron chi connectivity index (χ1n) is 11.6. The minimum atomic E-state index is -4.56. The van der Waals surface area contributed by atoms with E-state index in [9.17, 15) is 22.8 Å². The zero-order valence-corrected chi connectivity index (χ0v) is 20.6. The maximum absolute atomic E-state index is 13.3. The molecule has 35 heavy (non-hydrogen) atoms. The molecule has 0 aromatic carbocycles. The molecule has 0 radical (unpaired) electrons. The standard InChI is InChI=1S/C24H32F3N5O3/c1-14-6-8-15(9-7-14)20(35-22(34)31-23(2,3)4)21(33)30-18-11-10-16(12-28-18)19-17(24(25,26)27)13-29-32(19)5/h10-15,20H,6-9H2,1-5H3,(H,31,34)(H,28,30,33). The van der Waals surface area contributed by atoms with Gasteiger partial charge in [-0.3, -0.25) is 9.48 Å². The van der Waals surface area contributed by atoms with E-state index in [0.717, 1.165) is 36.6 Å². The van der Waals surface area contributed by atoms with E-state index in [-0.39, 0.29) is 23.0 Å². The lowest BCUT2D eigenvalue weighted by molar-refractivity contribution is -0.137. The summed E-state index contributed by atoms with van der Waals surface area (Å²) in [4.78, 5) is 29.7. The predicted molar refractivity (Wildman–Crippen MR) is 124 cm³/mol. The third kappa shape index (κ3) is 6.95. The third-order valence-electron chi connectivity index (χ3n) is 5.99. The number of carbonyl (C=O) groups excluding carboxylic acids is 2. The Kier molecular flexibility index (Phi) is 7.76. The fraction of sp³-hybridized carbons (Fsp3) is 0.583. The van der Waals surface area contributed by atoms with Gasteiger partial charge in [-0.25, -0.2) is 9.78 Å². The van der Waals surface area contributed by atoms with Gasteiger partial charge in [-0.1, -0.05) is 19.8 Å². The molecule has 0 spiro atoms. The highest BCUT2D eigenvalue weighted by Gasteiger charge is 2.37. The van der Waals surface area contributed by atoms with Crippen LogP contribution in [0.4, 0.5) is 23.8 Å². The molecule has 2 N–H and O–H groups in total. The first kappa shape index (κ1) is 26.5. The number of anilines is 1. The van der Waals surface area contributed by atoms with E-state index in [2.05, 4.69) is 27.6 Å². The fourth-order valence-corrected chi connectivity index (χ4v) is 4.20. The monoisotopic (exact) mass is 495 g/mol. The Morgan fingerprint density at radius 1 is 1.11 bits per heavy atom. The molecule has 3 rings (SSSR count). The fourth-order valence-electron chi connectivity index (χ4n) is 4.20. The summed E-state index contributed by atoms with van der Waals surface area (Å²) in [7, 11) is 1.41. The van der Waals surface area contributed by atoms with Gasteiger partial charge in [0.25, 0.3) is 5.91 Å². The van der Waals surface area contributed by atoms with Crippen molar-refractivity contribution in [2.75, 3.05) is 5.32 Å². The summed E-state index contributed by atoms with van der Waals surface area (Å²) in [6, 6.07) is 2.84. The Balaban J connectivity index is 1.77. The van der Waals surface area contributed by atoms with Gasteiger partial charge >= 0.3 is 12.3 Å². The van der Waals surface area contributed by atoms with E-state index in [0.29, 0.717) is 5.92 Å². The van der Waals surface area contributed by atoms with Crippen LogP contribution in [-0.2, 0) is 22.8 Å². The number of ether oxygens (including phenoxy) is 1. The number of rotatable bonds is 5. The molecule has 2 heterocycles. The maximum atomic E-state index is 13.3. The van der Waals surface area contributed by atoms with Crippen molar-refractivity contribution in [1.82, 2.24) is 20.1 Å². The van der Waals surface area contributed by atoms with Crippen molar-refractivity contribution in [1.29, 1.82) is 0 Å². The Morgan fingerprint density at radius 3 is 2.31 bits per heavy atom. The number of nitrogens with one attached hydrogen (secondary N) is 2. The number of carbonyl (C=O) groups is 2. The van der Waals surface area contributed by atoms with Crippen LogP contribution in [0.5, 0.6) is 0 Å². The lowest BCUT2D eigenvalue weighted by Gasteiger charge is -2.32. The summed E-state index contributed by atoms with van der Waals surface area (Å²) in [5.74, 6) is 0.0232. The number of amides is 2. The van der Waals surface area contributed by atoms with Gasteiger partial charge < -0.3 is 15.4 Å². The first-order valence-corrected chi connectivity index (χ1v) is 11.6. The van der Waals surface area contributed by atoms with E-state index < -0.39 is 35.4 Å². The second-order valence-electron chi connectivity index (χ2n) is 10.2. The topological polar surface area (TPSA) is 98.1 Å². The molecule has 2 amide bonds. The third-order valence-corrected chi connectivity index (χ3v) is 5.99. The van der Waals surface area contributed by atoms with Crippen molar-refractivity contribution in [3.8, 4) is 11.3 Å². The molecule has 0 aliphatic heterocycles. The molecular formula is C24H32F3N5O3. The zero-order valence-electron chi connectivity index (χ0n) is 20.6. The number of nitrogens with zero attached hydrogens (tertiary/aromatic N) is 3. The van der Waals surface area contributed by atoms with Gasteiger partial charge in [-0.2, -0.15) is 18.3 Å². The smallest absolute Gasteiger partial charge is 0.420 e. The van der Waals surface area contributed by atoms with Gasteiger partial charge in [0.15, 0.2) is 6.10 Å². The van der Waals surface area contributed by atoms with Crippen LogP contribution in [-0.4, -0.2) is 38.4 Å². The number of pyridine rings is 1. The largest absolute Gasteiger partial charge is 0.436 e. The SMILES string of the molecule is CC1CCC(C(OC(=O)NC(C)(C)C)C(=O)Nc2ccc(-c3c(C(F)(F)F)cnn3C)cn2)CC1. The van der Waals surface area contributed by atoms with Gasteiger partial charge in [0, 0.05) is 30.3 Å². The Labute approximate surface area is 202 Å². The minimum Gasteiger partial charge on any atom is -0.436 e. The second kappa shape index (κ2) is 10.2. The number of hydrogen-bond acceptors (Lipinski definition) is 5. The van der Waals surface area contributed by atoms with Crippen LogP contribution in [0.25, 0.3) is 11.3 Å². The number of alkyl carbamates (subject to hydrolysis) is 1. The molecule has 1 aliphatic rings. The molecule has 1 fully saturated rings. The molecular weight excluding hydrogens is 463 g/mol. The Morgan fingerprint density at radius 2 is 1.77 bits per heavy atom. The van der Waals surface area contributed by atoms with E-state index in [4.69, 9.17) is 4.74 Å². The van der Waals surface area contributed by atoms with E-state index in [1.165, 1.54) is 25.4 Å². The van der Waals surface area contributed by atoms with Crippen molar-refractivity contribution < 1.29 is 27.5 Å². The minimum absolute atomic E-state index is 0.126. The number of alkyl halides is 3. The van der Waals surface area contributed by atoms with Crippen LogP contribution in [0, 0.1) is 11.8 Å². The molecule has 192 valence electrons. The van der Waals surface area contributed by atoms with Crippen molar-refractivity contribution in [3.05, 3.63) is 30.1 Å². The maximum Gasteiger partial charge on any atom is 0.420 e. The van der Waals surface area contributed by atoms with E-state index in [1.807, 2.05) is 20.8 Å². The lowest BCUT2D eigenvalue weighted by atomic mass is 9.80. The highest BCUT2D eigenvalue weighted by molar-refractivity contribution is 5.95. The van der Waals surface area contributed by atoms with Crippen LogP contribution < -0.4 is 10.6 Å². The molecule has 1 aliphatic carbocycles. The summed E-state index contributed by atoms with van der Waals surface area (Å²) in [5, 5.41) is 9.06. The average Bonchev–Trinajstić information content (AvgIpc) is 3.14. The van der Waals surface area contributed by atoms with Gasteiger partial charge in [0.2, 0.25) is 0 Å². The number of aromatic nitrogens is 3. The molecule has 1 saturated carbocycles. The quantitative estimate of drug-likeness (QED) is 0.597. The molecule has 11 heteroatoms. The van der Waals surface area contributed by atoms with Gasteiger partial charge in [0.05, 0.1) is 11.9 Å². The van der Waals surface area contributed by atoms with Crippen LogP contribution in [0.3, 0.4) is 0 Å². The van der Waals surface area contributed by atoms with Crippen LogP contribution in [0.1, 0.15) is 58.9 Å². The van der Waals surface area contributed by atoms with Crippen molar-refractivity contribution in [2.45, 2.75) is 71.2 Å². The number of hydrogen-bond donors (Lipinski definition) is 2. The van der Waals surface area contributed by atoms with Crippen LogP contribution in [0.15, 0.2) is 24.5 Å². The van der Waals surface area contributed by atoms with Crippen molar-refractivity contribution in [3.63, 3.8) is 0 Å². The summed E-state index contributed by atoms with van der Waals surface area (Å²) in [6.45, 7) is 7.58. The molecule has 2 aromatic rings. The highest BCUT2D eigenvalue weighted by Crippen LogP contribution is 2.37. The normalized spacial score (nSPS) is 19.7. The number of halogens is 3. The predicted octanol–water partition coefficient (Wildman–Crippen LogP) is 5.16. The van der Waals surface area contributed by atoms with Crippen LogP contribution >= 0.6 is 0 Å². The van der Waals surface area contributed by atoms with Crippen molar-refractivity contribution in [2.24, 2.45) is 18.9 Å². The average molecular weight is 496 g/mol. The summed E-state index contributed by atoms with van der Waals surface area (Å²) in [5.41, 5.74) is -1.32. The number of aryl methyl sites for hydroxylation is 1. The van der Waals surface area contributed by atoms with Gasteiger partial charge in [-0.15, -0.1) is 0 Å². The summed E-state index contributed by atoms with van der Waals surface area (Å²) < 4.78 is 46.6. The van der Waals surface area contributed by atoms with Crippen LogP contribution in [0.2, 0.25) is 0 Å². The zero-order chi connectivity index (χ0) is 26.0. The van der Waals surface area contributed by atoms with E-state index >= 15 is 0 Å². The molecule has 1 unspecified atom stereocenters. The lowest BCUT2D eigenvalue weighted by Crippen LogP contribution is -2.47. The first-order chi connectivity index (χ1) is 16.2. The van der Waals surface area contributed by atoms with E-state index in [1.54, 1.807) is 0 Å². The Hall–Kier alpha value is -3.11. The Bertz CT molecular complexity index is 1040. The molecule has 0 saturated heterocycles. The van der Waals surface area contributed by atoms with Gasteiger partial charge in [-0.05, 0) is 51.7 Å². The molecule has 2 aromatic heterocycles. The molecule has 0 bridgehead atoms. The summed E-state index contributed by atoms with van der Waals surface area (Å²) >= 11 is 0. The molecule has 8 nitrogen and oxygen atoms in total. The summed E-state index contributed by atoms with van der Waals surface area (Å²) in [6.07, 6.45) is -0.908.